The van der Waals surface area contributed by atoms with E-state index in [0.29, 0.717) is 13.0 Å². The van der Waals surface area contributed by atoms with E-state index in [1.807, 2.05) is 24.1 Å². The number of halogens is 1. The topological polar surface area (TPSA) is 20.3 Å². The molecule has 0 unspecified atom stereocenters. The molecule has 0 aliphatic carbocycles. The van der Waals surface area contributed by atoms with Gasteiger partial charge in [-0.15, -0.1) is 0 Å². The van der Waals surface area contributed by atoms with Gasteiger partial charge in [0.15, 0.2) is 0 Å². The van der Waals surface area contributed by atoms with E-state index in [-0.39, 0.29) is 5.91 Å². The summed E-state index contributed by atoms with van der Waals surface area (Å²) >= 11 is 3.41. The number of hydrogen-bond donors (Lipinski definition) is 0. The van der Waals surface area contributed by atoms with Crippen LogP contribution in [0, 0.1) is 0 Å². The summed E-state index contributed by atoms with van der Waals surface area (Å²) in [6, 6.07) is 8.13. The summed E-state index contributed by atoms with van der Waals surface area (Å²) in [5.74, 6) is 0.249. The third-order valence-corrected chi connectivity index (χ3v) is 3.78. The van der Waals surface area contributed by atoms with Crippen LogP contribution < -0.4 is 0 Å². The highest BCUT2D eigenvalue weighted by Crippen LogP contribution is 2.13. The van der Waals surface area contributed by atoms with Gasteiger partial charge in [0.05, 0.1) is 0 Å². The van der Waals surface area contributed by atoms with Crippen molar-refractivity contribution in [2.24, 2.45) is 0 Å². The summed E-state index contributed by atoms with van der Waals surface area (Å²) in [6.45, 7) is 2.90. The van der Waals surface area contributed by atoms with Crippen LogP contribution in [0.25, 0.3) is 0 Å². The molecule has 0 N–H and O–H groups in total. The quantitative estimate of drug-likeness (QED) is 0.630. The zero-order valence-electron chi connectivity index (χ0n) is 12.0. The van der Waals surface area contributed by atoms with Crippen LogP contribution in [-0.4, -0.2) is 17.9 Å². The Labute approximate surface area is 125 Å². The van der Waals surface area contributed by atoms with E-state index in [1.165, 1.54) is 31.2 Å². The maximum absolute atomic E-state index is 12.0. The summed E-state index contributed by atoms with van der Waals surface area (Å²) < 4.78 is 1.07. The number of unbranched alkanes of at least 4 members (excludes halogenated alkanes) is 4. The molecule has 0 spiro atoms. The first-order valence-corrected chi connectivity index (χ1v) is 7.91. The van der Waals surface area contributed by atoms with Crippen molar-refractivity contribution >= 4 is 21.8 Å². The van der Waals surface area contributed by atoms with Gasteiger partial charge in [-0.05, 0) is 24.1 Å². The highest BCUT2D eigenvalue weighted by molar-refractivity contribution is 9.10. The second-order valence-corrected chi connectivity index (χ2v) is 5.96. The van der Waals surface area contributed by atoms with E-state index in [0.717, 1.165) is 10.9 Å². The van der Waals surface area contributed by atoms with Gasteiger partial charge in [0.1, 0.15) is 0 Å². The lowest BCUT2D eigenvalue weighted by atomic mass is 10.1. The van der Waals surface area contributed by atoms with Crippen molar-refractivity contribution in [3.05, 3.63) is 34.3 Å². The fourth-order valence-corrected chi connectivity index (χ4v) is 2.29. The predicted octanol–water partition coefficient (Wildman–Crippen LogP) is 4.77. The number of nitrogens with zero attached hydrogens (tertiary/aromatic N) is 1. The summed E-state index contributed by atoms with van der Waals surface area (Å²) in [4.78, 5) is 13.8. The minimum Gasteiger partial charge on any atom is -0.341 e. The minimum absolute atomic E-state index is 0.249. The average Bonchev–Trinajstić information content (AvgIpc) is 2.41. The molecule has 1 aromatic rings. The first-order chi connectivity index (χ1) is 9.13. The Bertz CT molecular complexity index is 375. The molecule has 0 aliphatic heterocycles. The van der Waals surface area contributed by atoms with Gasteiger partial charge in [0.2, 0.25) is 5.91 Å². The summed E-state index contributed by atoms with van der Waals surface area (Å²) in [5.41, 5.74) is 1.17. The van der Waals surface area contributed by atoms with Gasteiger partial charge in [-0.25, -0.2) is 0 Å². The normalized spacial score (nSPS) is 10.5. The summed E-state index contributed by atoms with van der Waals surface area (Å²) in [5, 5.41) is 0. The lowest BCUT2D eigenvalue weighted by molar-refractivity contribution is -0.130. The Hall–Kier alpha value is -0.830. The number of hydrogen-bond acceptors (Lipinski definition) is 1. The van der Waals surface area contributed by atoms with E-state index in [1.54, 1.807) is 0 Å². The molecular weight excluding hydrogens is 302 g/mol. The smallest absolute Gasteiger partial charge is 0.222 e. The van der Waals surface area contributed by atoms with E-state index in [4.69, 9.17) is 0 Å². The molecule has 3 heteroatoms. The van der Waals surface area contributed by atoms with E-state index < -0.39 is 0 Å². The second-order valence-electron chi connectivity index (χ2n) is 5.04. The molecule has 0 atom stereocenters. The predicted molar refractivity (Wildman–Crippen MR) is 84.0 cm³/mol. The molecule has 0 aliphatic rings. The standard InChI is InChI=1S/C16H24BrNO/c1-3-4-5-6-7-8-16(19)18(2)13-14-9-11-15(17)12-10-14/h9-12H,3-8,13H2,1-2H3. The van der Waals surface area contributed by atoms with Crippen LogP contribution in [0.4, 0.5) is 0 Å². The average molecular weight is 326 g/mol. The molecule has 106 valence electrons. The zero-order valence-corrected chi connectivity index (χ0v) is 13.6. The van der Waals surface area contributed by atoms with Crippen LogP contribution in [0.2, 0.25) is 0 Å². The van der Waals surface area contributed by atoms with Crippen LogP contribution in [0.5, 0.6) is 0 Å². The second kappa shape index (κ2) is 9.13. The van der Waals surface area contributed by atoms with Crippen molar-refractivity contribution in [1.82, 2.24) is 4.90 Å². The lowest BCUT2D eigenvalue weighted by Crippen LogP contribution is -2.25. The number of amides is 1. The number of rotatable bonds is 8. The Morgan fingerprint density at radius 3 is 2.37 bits per heavy atom. The van der Waals surface area contributed by atoms with Crippen molar-refractivity contribution in [3.8, 4) is 0 Å². The number of carbonyl (C=O) groups is 1. The highest BCUT2D eigenvalue weighted by atomic mass is 79.9. The fraction of sp³-hybridized carbons (Fsp3) is 0.562. The highest BCUT2D eigenvalue weighted by Gasteiger charge is 2.08. The molecule has 0 fully saturated rings. The zero-order chi connectivity index (χ0) is 14.1. The van der Waals surface area contributed by atoms with Gasteiger partial charge in [-0.3, -0.25) is 4.79 Å². The van der Waals surface area contributed by atoms with Crippen molar-refractivity contribution < 1.29 is 4.79 Å². The van der Waals surface area contributed by atoms with Crippen LogP contribution in [0.15, 0.2) is 28.7 Å². The third-order valence-electron chi connectivity index (χ3n) is 3.25. The molecule has 1 rings (SSSR count). The van der Waals surface area contributed by atoms with Crippen LogP contribution in [0.1, 0.15) is 51.0 Å². The van der Waals surface area contributed by atoms with E-state index in [9.17, 15) is 4.79 Å². The lowest BCUT2D eigenvalue weighted by Gasteiger charge is -2.17. The maximum Gasteiger partial charge on any atom is 0.222 e. The molecule has 1 amide bonds. The van der Waals surface area contributed by atoms with Crippen LogP contribution in [-0.2, 0) is 11.3 Å². The van der Waals surface area contributed by atoms with Crippen LogP contribution >= 0.6 is 15.9 Å². The fourth-order valence-electron chi connectivity index (χ4n) is 2.02. The molecule has 19 heavy (non-hydrogen) atoms. The van der Waals surface area contributed by atoms with Crippen molar-refractivity contribution in [2.45, 2.75) is 52.0 Å². The molecule has 0 saturated heterocycles. The Balaban J connectivity index is 2.26. The Kier molecular flexibility index (Phi) is 7.80. The van der Waals surface area contributed by atoms with Gasteiger partial charge >= 0.3 is 0 Å². The Morgan fingerprint density at radius 2 is 1.74 bits per heavy atom. The molecule has 0 bridgehead atoms. The Morgan fingerprint density at radius 1 is 1.11 bits per heavy atom. The molecule has 0 aromatic heterocycles. The molecule has 2 nitrogen and oxygen atoms in total. The van der Waals surface area contributed by atoms with E-state index >= 15 is 0 Å². The molecule has 1 aromatic carbocycles. The van der Waals surface area contributed by atoms with Crippen molar-refractivity contribution in [2.75, 3.05) is 7.05 Å². The van der Waals surface area contributed by atoms with Crippen LogP contribution in [0.3, 0.4) is 0 Å². The van der Waals surface area contributed by atoms with E-state index in [2.05, 4.69) is 35.0 Å². The summed E-state index contributed by atoms with van der Waals surface area (Å²) in [6.07, 6.45) is 6.65. The molecule has 0 saturated carbocycles. The molecule has 0 radical (unpaired) electrons. The van der Waals surface area contributed by atoms with Gasteiger partial charge in [-0.2, -0.15) is 0 Å². The SMILES string of the molecule is CCCCCCCC(=O)N(C)Cc1ccc(Br)cc1. The number of benzene rings is 1. The maximum atomic E-state index is 12.0. The van der Waals surface area contributed by atoms with Crippen molar-refractivity contribution in [3.63, 3.8) is 0 Å². The largest absolute Gasteiger partial charge is 0.341 e. The first-order valence-electron chi connectivity index (χ1n) is 7.12. The van der Waals surface area contributed by atoms with Gasteiger partial charge < -0.3 is 4.90 Å². The third kappa shape index (κ3) is 6.76. The van der Waals surface area contributed by atoms with Gasteiger partial charge in [-0.1, -0.05) is 60.7 Å². The molecular formula is C16H24BrNO. The van der Waals surface area contributed by atoms with Gasteiger partial charge in [0, 0.05) is 24.5 Å². The molecule has 0 heterocycles. The van der Waals surface area contributed by atoms with Gasteiger partial charge in [0.25, 0.3) is 0 Å². The monoisotopic (exact) mass is 325 g/mol. The summed E-state index contributed by atoms with van der Waals surface area (Å²) in [7, 11) is 1.89. The number of carbonyl (C=O) groups excluding carboxylic acids is 1. The first kappa shape index (κ1) is 16.2. The van der Waals surface area contributed by atoms with Crippen molar-refractivity contribution in [1.29, 1.82) is 0 Å². The minimum atomic E-state index is 0.249.